The Morgan fingerprint density at radius 3 is 2.89 bits per heavy atom. The van der Waals surface area contributed by atoms with Crippen LogP contribution in [-0.2, 0) is 13.6 Å². The van der Waals surface area contributed by atoms with E-state index < -0.39 is 5.82 Å². The predicted molar refractivity (Wildman–Crippen MR) is 106 cm³/mol. The van der Waals surface area contributed by atoms with Crippen molar-refractivity contribution in [3.8, 4) is 5.75 Å². The van der Waals surface area contributed by atoms with E-state index in [0.29, 0.717) is 24.4 Å². The van der Waals surface area contributed by atoms with Crippen LogP contribution in [0.5, 0.6) is 5.75 Å². The molecule has 0 spiro atoms. The van der Waals surface area contributed by atoms with Crippen LogP contribution < -0.4 is 4.74 Å². The number of carbonyl (C=O) groups is 1. The number of ketones is 1. The zero-order valence-corrected chi connectivity index (χ0v) is 16.2. The molecule has 1 fully saturated rings. The molecule has 6 heteroatoms. The monoisotopic (exact) mass is 381 g/mol. The Balaban J connectivity index is 1.52. The van der Waals surface area contributed by atoms with Gasteiger partial charge in [0.15, 0.2) is 5.78 Å². The van der Waals surface area contributed by atoms with Crippen molar-refractivity contribution in [1.82, 2.24) is 14.5 Å². The number of aryl methyl sites for hydroxylation is 1. The Bertz CT molecular complexity index is 1010. The highest BCUT2D eigenvalue weighted by Crippen LogP contribution is 2.28. The van der Waals surface area contributed by atoms with Gasteiger partial charge in [0.2, 0.25) is 0 Å². The Hall–Kier alpha value is -2.73. The van der Waals surface area contributed by atoms with Crippen molar-refractivity contribution in [2.24, 2.45) is 13.0 Å². The van der Waals surface area contributed by atoms with Crippen LogP contribution in [0, 0.1) is 11.7 Å². The van der Waals surface area contributed by atoms with Crippen LogP contribution in [0.1, 0.15) is 29.0 Å². The maximum Gasteiger partial charge on any atom is 0.171 e. The van der Waals surface area contributed by atoms with E-state index in [2.05, 4.69) is 15.5 Å². The molecule has 1 atom stereocenters. The number of ether oxygens (including phenoxy) is 1. The summed E-state index contributed by atoms with van der Waals surface area (Å²) in [5, 5.41) is 0. The number of benzene rings is 2. The van der Waals surface area contributed by atoms with Gasteiger partial charge in [0.25, 0.3) is 0 Å². The molecule has 0 N–H and O–H groups in total. The van der Waals surface area contributed by atoms with Gasteiger partial charge in [-0.15, -0.1) is 0 Å². The molecule has 0 saturated carbocycles. The van der Waals surface area contributed by atoms with E-state index in [9.17, 15) is 9.18 Å². The molecule has 1 aliphatic rings. The molecular formula is C22H24FN3O2. The molecule has 28 heavy (non-hydrogen) atoms. The van der Waals surface area contributed by atoms with E-state index in [1.54, 1.807) is 0 Å². The number of aromatic nitrogens is 2. The summed E-state index contributed by atoms with van der Waals surface area (Å²) in [6.45, 7) is 2.25. The van der Waals surface area contributed by atoms with Crippen molar-refractivity contribution < 1.29 is 13.9 Å². The molecule has 0 amide bonds. The maximum atomic E-state index is 13.7. The highest BCUT2D eigenvalue weighted by atomic mass is 19.1. The van der Waals surface area contributed by atoms with Gasteiger partial charge in [-0.25, -0.2) is 9.37 Å². The predicted octanol–water partition coefficient (Wildman–Crippen LogP) is 3.82. The van der Waals surface area contributed by atoms with E-state index in [1.165, 1.54) is 25.3 Å². The largest absolute Gasteiger partial charge is 0.496 e. The molecule has 2 heterocycles. The van der Waals surface area contributed by atoms with Gasteiger partial charge in [-0.1, -0.05) is 12.1 Å². The number of fused-ring (bicyclic) bond motifs is 1. The third-order valence-electron chi connectivity index (χ3n) is 5.55. The summed E-state index contributed by atoms with van der Waals surface area (Å²) in [5.41, 5.74) is 2.41. The minimum absolute atomic E-state index is 0.0500. The summed E-state index contributed by atoms with van der Waals surface area (Å²) in [6.07, 6.45) is 1.73. The van der Waals surface area contributed by atoms with Gasteiger partial charge in [0, 0.05) is 19.5 Å². The molecule has 0 bridgehead atoms. The topological polar surface area (TPSA) is 47.4 Å². The molecular weight excluding hydrogens is 357 g/mol. The number of likely N-dealkylation sites (tertiary alicyclic amines) is 1. The average molecular weight is 381 g/mol. The normalized spacial score (nSPS) is 17.8. The number of hydrogen-bond acceptors (Lipinski definition) is 4. The molecule has 4 rings (SSSR count). The van der Waals surface area contributed by atoms with Crippen molar-refractivity contribution in [1.29, 1.82) is 0 Å². The highest BCUT2D eigenvalue weighted by molar-refractivity contribution is 6.00. The SMILES string of the molecule is COc1ccc(F)cc1C(=O)[C@H]1CCCN(Cc2nc3ccccc3n2C)C1. The smallest absolute Gasteiger partial charge is 0.171 e. The molecule has 1 saturated heterocycles. The lowest BCUT2D eigenvalue weighted by Gasteiger charge is -2.31. The van der Waals surface area contributed by atoms with Gasteiger partial charge in [-0.05, 0) is 49.7 Å². The van der Waals surface area contributed by atoms with Crippen molar-refractivity contribution in [3.05, 3.63) is 59.7 Å². The molecule has 1 aliphatic heterocycles. The van der Waals surface area contributed by atoms with Gasteiger partial charge in [-0.3, -0.25) is 9.69 Å². The van der Waals surface area contributed by atoms with Crippen LogP contribution in [-0.4, -0.2) is 40.4 Å². The maximum absolute atomic E-state index is 13.7. The molecule has 0 radical (unpaired) electrons. The highest BCUT2D eigenvalue weighted by Gasteiger charge is 2.29. The van der Waals surface area contributed by atoms with Crippen molar-refractivity contribution in [2.75, 3.05) is 20.2 Å². The number of para-hydroxylation sites is 2. The first-order chi connectivity index (χ1) is 13.6. The summed E-state index contributed by atoms with van der Waals surface area (Å²) >= 11 is 0. The van der Waals surface area contributed by atoms with Crippen LogP contribution in [0.25, 0.3) is 11.0 Å². The van der Waals surface area contributed by atoms with E-state index in [4.69, 9.17) is 9.72 Å². The number of halogens is 1. The lowest BCUT2D eigenvalue weighted by atomic mass is 9.89. The Labute approximate surface area is 163 Å². The second kappa shape index (κ2) is 7.72. The number of nitrogens with zero attached hydrogens (tertiary/aromatic N) is 3. The summed E-state index contributed by atoms with van der Waals surface area (Å²) in [7, 11) is 3.53. The van der Waals surface area contributed by atoms with Gasteiger partial charge in [0.05, 0.1) is 30.3 Å². The Morgan fingerprint density at radius 2 is 2.11 bits per heavy atom. The van der Waals surface area contributed by atoms with E-state index >= 15 is 0 Å². The average Bonchev–Trinajstić information content (AvgIpc) is 3.03. The standard InChI is InChI=1S/C22H24FN3O2/c1-25-19-8-4-3-7-18(19)24-21(25)14-26-11-5-6-15(13-26)22(27)17-12-16(23)9-10-20(17)28-2/h3-4,7-10,12,15H,5-6,11,13-14H2,1-2H3/t15-/m0/s1. The number of piperidine rings is 1. The number of hydrogen-bond donors (Lipinski definition) is 0. The molecule has 146 valence electrons. The zero-order chi connectivity index (χ0) is 19.7. The van der Waals surface area contributed by atoms with Crippen LogP contribution in [0.3, 0.4) is 0 Å². The fourth-order valence-corrected chi connectivity index (χ4v) is 4.04. The van der Waals surface area contributed by atoms with Crippen LogP contribution in [0.4, 0.5) is 4.39 Å². The van der Waals surface area contributed by atoms with E-state index in [-0.39, 0.29) is 11.7 Å². The Morgan fingerprint density at radius 1 is 1.29 bits per heavy atom. The van der Waals surface area contributed by atoms with Crippen LogP contribution in [0.15, 0.2) is 42.5 Å². The first-order valence-electron chi connectivity index (χ1n) is 9.57. The van der Waals surface area contributed by atoms with Crippen molar-refractivity contribution in [3.63, 3.8) is 0 Å². The first-order valence-corrected chi connectivity index (χ1v) is 9.57. The zero-order valence-electron chi connectivity index (χ0n) is 16.2. The Kier molecular flexibility index (Phi) is 5.13. The molecule has 2 aromatic carbocycles. The summed E-state index contributed by atoms with van der Waals surface area (Å²) < 4.78 is 21.1. The van der Waals surface area contributed by atoms with Gasteiger partial charge >= 0.3 is 0 Å². The van der Waals surface area contributed by atoms with Crippen molar-refractivity contribution in [2.45, 2.75) is 19.4 Å². The molecule has 5 nitrogen and oxygen atoms in total. The number of imidazole rings is 1. The van der Waals surface area contributed by atoms with Crippen LogP contribution >= 0.6 is 0 Å². The fraction of sp³-hybridized carbons (Fsp3) is 0.364. The van der Waals surface area contributed by atoms with Crippen LogP contribution in [0.2, 0.25) is 0 Å². The number of carbonyl (C=O) groups excluding carboxylic acids is 1. The molecule has 3 aromatic rings. The lowest BCUT2D eigenvalue weighted by Crippen LogP contribution is -2.38. The summed E-state index contributed by atoms with van der Waals surface area (Å²) in [4.78, 5) is 20.0. The minimum atomic E-state index is -0.420. The van der Waals surface area contributed by atoms with Crippen molar-refractivity contribution >= 4 is 16.8 Å². The van der Waals surface area contributed by atoms with E-state index in [1.807, 2.05) is 25.2 Å². The van der Waals surface area contributed by atoms with Gasteiger partial charge < -0.3 is 9.30 Å². The van der Waals surface area contributed by atoms with Gasteiger partial charge in [-0.2, -0.15) is 0 Å². The molecule has 0 unspecified atom stereocenters. The third-order valence-corrected chi connectivity index (χ3v) is 5.55. The second-order valence-corrected chi connectivity index (χ2v) is 7.36. The molecule has 0 aliphatic carbocycles. The summed E-state index contributed by atoms with van der Waals surface area (Å²) in [6, 6.07) is 12.2. The fourth-order valence-electron chi connectivity index (χ4n) is 4.04. The minimum Gasteiger partial charge on any atom is -0.496 e. The number of Topliss-reactive ketones (excluding diaryl/α,β-unsaturated/α-hetero) is 1. The number of rotatable bonds is 5. The number of methoxy groups -OCH3 is 1. The quantitative estimate of drug-likeness (QED) is 0.631. The third kappa shape index (κ3) is 3.52. The lowest BCUT2D eigenvalue weighted by molar-refractivity contribution is 0.0804. The van der Waals surface area contributed by atoms with Gasteiger partial charge in [0.1, 0.15) is 17.4 Å². The second-order valence-electron chi connectivity index (χ2n) is 7.36. The van der Waals surface area contributed by atoms with E-state index in [0.717, 1.165) is 36.2 Å². The summed E-state index contributed by atoms with van der Waals surface area (Å²) in [5.74, 6) is 0.776. The first kappa shape index (κ1) is 18.6. The molecule has 1 aromatic heterocycles.